The lowest BCUT2D eigenvalue weighted by molar-refractivity contribution is 0.0657. The number of nitrogens with one attached hydrogen (secondary N) is 1. The van der Waals surface area contributed by atoms with Crippen LogP contribution in [0.4, 0.5) is 0 Å². The van der Waals surface area contributed by atoms with Gasteiger partial charge in [-0.05, 0) is 69.9 Å². The Bertz CT molecular complexity index is 468. The normalized spacial score (nSPS) is 25.8. The van der Waals surface area contributed by atoms with Gasteiger partial charge in [-0.25, -0.2) is 0 Å². The molecule has 3 nitrogen and oxygen atoms in total. The molecule has 0 atom stereocenters. The summed E-state index contributed by atoms with van der Waals surface area (Å²) in [6, 6.07) is 6.19. The minimum atomic E-state index is 0.336. The smallest absolute Gasteiger partial charge is 0.138 e. The second-order valence-electron chi connectivity index (χ2n) is 6.35. The number of nitrogens with zero attached hydrogens (tertiary/aromatic N) is 1. The topological polar surface area (TPSA) is 24.5 Å². The average Bonchev–Trinajstić information content (AvgIpc) is 2.93. The molecule has 1 heterocycles. The predicted molar refractivity (Wildman–Crippen MR) is 87.0 cm³/mol. The van der Waals surface area contributed by atoms with Crippen molar-refractivity contribution in [1.82, 2.24) is 10.2 Å². The van der Waals surface area contributed by atoms with Crippen LogP contribution in [0.25, 0.3) is 0 Å². The molecule has 0 aromatic heterocycles. The summed E-state index contributed by atoms with van der Waals surface area (Å²) in [6.07, 6.45) is 5.22. The van der Waals surface area contributed by atoms with Gasteiger partial charge in [0.1, 0.15) is 5.75 Å². The largest absolute Gasteiger partial charge is 0.489 e. The van der Waals surface area contributed by atoms with Crippen molar-refractivity contribution in [1.29, 1.82) is 0 Å². The Morgan fingerprint density at radius 3 is 2.76 bits per heavy atom. The summed E-state index contributed by atoms with van der Waals surface area (Å²) in [5.74, 6) is 1.62. The molecule has 1 aromatic rings. The zero-order chi connectivity index (χ0) is 14.7. The first kappa shape index (κ1) is 15.1. The van der Waals surface area contributed by atoms with Crippen molar-refractivity contribution in [3.05, 3.63) is 28.8 Å². The van der Waals surface area contributed by atoms with Gasteiger partial charge in [0.15, 0.2) is 0 Å². The van der Waals surface area contributed by atoms with Gasteiger partial charge in [-0.15, -0.1) is 0 Å². The van der Waals surface area contributed by atoms with Gasteiger partial charge in [-0.3, -0.25) is 4.90 Å². The van der Waals surface area contributed by atoms with Crippen molar-refractivity contribution < 1.29 is 4.74 Å². The van der Waals surface area contributed by atoms with Gasteiger partial charge in [0.25, 0.3) is 0 Å². The third kappa shape index (κ3) is 3.71. The van der Waals surface area contributed by atoms with Gasteiger partial charge in [0.2, 0.25) is 0 Å². The molecule has 1 saturated carbocycles. The SMILES string of the molecule is CNCC1CC(Oc2cccc(CN3CCCC3)c2Cl)C1. The number of hydrogen-bond acceptors (Lipinski definition) is 3. The van der Waals surface area contributed by atoms with Crippen LogP contribution in [0.1, 0.15) is 31.2 Å². The van der Waals surface area contributed by atoms with Gasteiger partial charge in [-0.1, -0.05) is 23.7 Å². The van der Waals surface area contributed by atoms with Crippen LogP contribution < -0.4 is 10.1 Å². The van der Waals surface area contributed by atoms with Crippen LogP contribution in [-0.2, 0) is 6.54 Å². The van der Waals surface area contributed by atoms with Gasteiger partial charge in [0.05, 0.1) is 11.1 Å². The first-order valence-corrected chi connectivity index (χ1v) is 8.45. The summed E-state index contributed by atoms with van der Waals surface area (Å²) < 4.78 is 6.08. The quantitative estimate of drug-likeness (QED) is 0.872. The molecule has 0 radical (unpaired) electrons. The van der Waals surface area contributed by atoms with E-state index in [-0.39, 0.29) is 0 Å². The number of benzene rings is 1. The molecular formula is C17H25ClN2O. The molecule has 3 rings (SSSR count). The molecule has 1 aromatic carbocycles. The van der Waals surface area contributed by atoms with Crippen molar-refractivity contribution in [2.75, 3.05) is 26.7 Å². The summed E-state index contributed by atoms with van der Waals surface area (Å²) in [5, 5.41) is 4.03. The molecule has 1 aliphatic heterocycles. The zero-order valence-electron chi connectivity index (χ0n) is 12.8. The minimum Gasteiger partial charge on any atom is -0.489 e. The second kappa shape index (κ2) is 6.99. The average molecular weight is 309 g/mol. The zero-order valence-corrected chi connectivity index (χ0v) is 13.5. The molecule has 2 fully saturated rings. The maximum atomic E-state index is 6.55. The molecular weight excluding hydrogens is 284 g/mol. The van der Waals surface area contributed by atoms with Gasteiger partial charge in [0, 0.05) is 6.54 Å². The molecule has 116 valence electrons. The van der Waals surface area contributed by atoms with Crippen LogP contribution >= 0.6 is 11.6 Å². The van der Waals surface area contributed by atoms with Crippen molar-refractivity contribution in [2.45, 2.75) is 38.3 Å². The Balaban J connectivity index is 1.58. The van der Waals surface area contributed by atoms with E-state index < -0.39 is 0 Å². The first-order valence-electron chi connectivity index (χ1n) is 8.07. The van der Waals surface area contributed by atoms with Crippen LogP contribution in [0.3, 0.4) is 0 Å². The van der Waals surface area contributed by atoms with Crippen LogP contribution in [0, 0.1) is 5.92 Å². The van der Waals surface area contributed by atoms with Gasteiger partial charge < -0.3 is 10.1 Å². The molecule has 21 heavy (non-hydrogen) atoms. The molecule has 0 bridgehead atoms. The summed E-state index contributed by atoms with van der Waals surface area (Å²) in [4.78, 5) is 2.47. The van der Waals surface area contributed by atoms with E-state index in [0.29, 0.717) is 6.10 Å². The van der Waals surface area contributed by atoms with Crippen LogP contribution in [-0.4, -0.2) is 37.7 Å². The Labute approximate surface area is 132 Å². The fourth-order valence-electron chi connectivity index (χ4n) is 3.36. The van der Waals surface area contributed by atoms with E-state index in [9.17, 15) is 0 Å². The van der Waals surface area contributed by atoms with Crippen LogP contribution in [0.5, 0.6) is 5.75 Å². The monoisotopic (exact) mass is 308 g/mol. The van der Waals surface area contributed by atoms with E-state index in [2.05, 4.69) is 22.3 Å². The lowest BCUT2D eigenvalue weighted by atomic mass is 9.82. The highest BCUT2D eigenvalue weighted by atomic mass is 35.5. The maximum absolute atomic E-state index is 6.55. The van der Waals surface area contributed by atoms with Crippen LogP contribution in [0.15, 0.2) is 18.2 Å². The molecule has 0 unspecified atom stereocenters. The molecule has 4 heteroatoms. The molecule has 1 N–H and O–H groups in total. The number of likely N-dealkylation sites (tertiary alicyclic amines) is 1. The molecule has 1 aliphatic carbocycles. The summed E-state index contributed by atoms with van der Waals surface area (Å²) >= 11 is 6.55. The fraction of sp³-hybridized carbons (Fsp3) is 0.647. The predicted octanol–water partition coefficient (Wildman–Crippen LogP) is 3.31. The molecule has 2 aliphatic rings. The van der Waals surface area contributed by atoms with E-state index in [1.54, 1.807) is 0 Å². The summed E-state index contributed by atoms with van der Waals surface area (Å²) in [7, 11) is 2.01. The standard InChI is InChI=1S/C17H25ClN2O/c1-19-11-13-9-15(10-13)21-16-6-4-5-14(17(16)18)12-20-7-2-3-8-20/h4-6,13,15,19H,2-3,7-12H2,1H3. The summed E-state index contributed by atoms with van der Waals surface area (Å²) in [5.41, 5.74) is 1.20. The third-order valence-electron chi connectivity index (χ3n) is 4.61. The Morgan fingerprint density at radius 2 is 2.05 bits per heavy atom. The van der Waals surface area contributed by atoms with Gasteiger partial charge >= 0.3 is 0 Å². The van der Waals surface area contributed by atoms with E-state index in [4.69, 9.17) is 16.3 Å². The third-order valence-corrected chi connectivity index (χ3v) is 5.04. The lowest BCUT2D eigenvalue weighted by Gasteiger charge is -2.35. The van der Waals surface area contributed by atoms with E-state index in [0.717, 1.165) is 42.6 Å². The first-order chi connectivity index (χ1) is 10.3. The van der Waals surface area contributed by atoms with Crippen molar-refractivity contribution >= 4 is 11.6 Å². The highest BCUT2D eigenvalue weighted by molar-refractivity contribution is 6.32. The second-order valence-corrected chi connectivity index (χ2v) is 6.73. The maximum Gasteiger partial charge on any atom is 0.138 e. The van der Waals surface area contributed by atoms with Crippen LogP contribution in [0.2, 0.25) is 5.02 Å². The Hall–Kier alpha value is -0.770. The van der Waals surface area contributed by atoms with Crippen molar-refractivity contribution in [2.24, 2.45) is 5.92 Å². The van der Waals surface area contributed by atoms with Gasteiger partial charge in [-0.2, -0.15) is 0 Å². The minimum absolute atomic E-state index is 0.336. The molecule has 0 spiro atoms. The fourth-order valence-corrected chi connectivity index (χ4v) is 3.59. The van der Waals surface area contributed by atoms with Crippen molar-refractivity contribution in [3.8, 4) is 5.75 Å². The van der Waals surface area contributed by atoms with Crippen molar-refractivity contribution in [3.63, 3.8) is 0 Å². The van der Waals surface area contributed by atoms with E-state index >= 15 is 0 Å². The summed E-state index contributed by atoms with van der Waals surface area (Å²) in [6.45, 7) is 4.41. The number of ether oxygens (including phenoxy) is 1. The van der Waals surface area contributed by atoms with E-state index in [1.165, 1.54) is 31.5 Å². The molecule has 0 amide bonds. The Kier molecular flexibility index (Phi) is 5.04. The van der Waals surface area contributed by atoms with E-state index in [1.807, 2.05) is 13.1 Å². The Morgan fingerprint density at radius 1 is 1.29 bits per heavy atom. The number of halogens is 1. The highest BCUT2D eigenvalue weighted by Crippen LogP contribution is 2.35. The highest BCUT2D eigenvalue weighted by Gasteiger charge is 2.30. The molecule has 1 saturated heterocycles. The number of hydrogen-bond donors (Lipinski definition) is 1. The lowest BCUT2D eigenvalue weighted by Crippen LogP contribution is -2.38. The number of rotatable bonds is 6.